The Hall–Kier alpha value is -1.39. The van der Waals surface area contributed by atoms with Gasteiger partial charge in [-0.3, -0.25) is 0 Å². The molecule has 1 aromatic carbocycles. The van der Waals surface area contributed by atoms with E-state index in [2.05, 4.69) is 11.9 Å². The number of aromatic nitrogens is 1. The highest BCUT2D eigenvalue weighted by Gasteiger charge is 2.15. The molecule has 0 fully saturated rings. The topological polar surface area (TPSA) is 61.3 Å². The van der Waals surface area contributed by atoms with Crippen LogP contribution in [0.1, 0.15) is 24.5 Å². The first-order chi connectivity index (χ1) is 7.78. The van der Waals surface area contributed by atoms with Gasteiger partial charge in [-0.15, -0.1) is 0 Å². The molecule has 0 radical (unpaired) electrons. The maximum absolute atomic E-state index is 5.60. The number of aryl methyl sites for hydroxylation is 1. The van der Waals surface area contributed by atoms with Gasteiger partial charge in [0.25, 0.3) is 0 Å². The van der Waals surface area contributed by atoms with Crippen LogP contribution in [0.5, 0.6) is 0 Å². The summed E-state index contributed by atoms with van der Waals surface area (Å²) in [7, 11) is 1.60. The third-order valence-electron chi connectivity index (χ3n) is 2.65. The summed E-state index contributed by atoms with van der Waals surface area (Å²) in [4.78, 5) is 4.39. The zero-order valence-corrected chi connectivity index (χ0v) is 9.56. The molecule has 0 bridgehead atoms. The number of rotatable bonds is 4. The SMILES string of the molecule is CCc1ccc2oc(C(CN)OC)nc2c1. The summed E-state index contributed by atoms with van der Waals surface area (Å²) in [5, 5.41) is 0. The van der Waals surface area contributed by atoms with Gasteiger partial charge in [0, 0.05) is 13.7 Å². The first-order valence-electron chi connectivity index (χ1n) is 5.40. The van der Waals surface area contributed by atoms with E-state index >= 15 is 0 Å². The Kier molecular flexibility index (Phi) is 3.22. The summed E-state index contributed by atoms with van der Waals surface area (Å²) >= 11 is 0. The molecule has 1 aromatic heterocycles. The fraction of sp³-hybridized carbons (Fsp3) is 0.417. The number of nitrogens with zero attached hydrogens (tertiary/aromatic N) is 1. The zero-order chi connectivity index (χ0) is 11.5. The van der Waals surface area contributed by atoms with Crippen molar-refractivity contribution < 1.29 is 9.15 Å². The van der Waals surface area contributed by atoms with Gasteiger partial charge in [-0.2, -0.15) is 0 Å². The Morgan fingerprint density at radius 3 is 2.94 bits per heavy atom. The number of oxazole rings is 1. The van der Waals surface area contributed by atoms with Crippen molar-refractivity contribution in [2.75, 3.05) is 13.7 Å². The molecule has 0 spiro atoms. The van der Waals surface area contributed by atoms with Gasteiger partial charge in [0.1, 0.15) is 11.6 Å². The summed E-state index contributed by atoms with van der Waals surface area (Å²) in [6, 6.07) is 6.01. The van der Waals surface area contributed by atoms with Crippen LogP contribution in [-0.4, -0.2) is 18.6 Å². The van der Waals surface area contributed by atoms with Crippen molar-refractivity contribution in [1.29, 1.82) is 0 Å². The molecule has 86 valence electrons. The minimum Gasteiger partial charge on any atom is -0.438 e. The molecule has 1 atom stereocenters. The average Bonchev–Trinajstić information content (AvgIpc) is 2.72. The van der Waals surface area contributed by atoms with E-state index in [0.717, 1.165) is 17.5 Å². The highest BCUT2D eigenvalue weighted by molar-refractivity contribution is 5.73. The van der Waals surface area contributed by atoms with Crippen molar-refractivity contribution in [3.8, 4) is 0 Å². The number of benzene rings is 1. The first kappa shape index (κ1) is 11.1. The van der Waals surface area contributed by atoms with Crippen molar-refractivity contribution in [1.82, 2.24) is 4.98 Å². The number of hydrogen-bond donors (Lipinski definition) is 1. The minimum absolute atomic E-state index is 0.266. The zero-order valence-electron chi connectivity index (χ0n) is 9.56. The van der Waals surface area contributed by atoms with Crippen LogP contribution in [0.2, 0.25) is 0 Å². The number of methoxy groups -OCH3 is 1. The molecule has 4 nitrogen and oxygen atoms in total. The van der Waals surface area contributed by atoms with E-state index < -0.39 is 0 Å². The molecule has 1 heterocycles. The Labute approximate surface area is 94.4 Å². The molecule has 0 saturated carbocycles. The molecule has 4 heteroatoms. The lowest BCUT2D eigenvalue weighted by molar-refractivity contribution is 0.0878. The lowest BCUT2D eigenvalue weighted by Crippen LogP contribution is -2.14. The molecular formula is C12H16N2O2. The predicted molar refractivity (Wildman–Crippen MR) is 62.2 cm³/mol. The summed E-state index contributed by atoms with van der Waals surface area (Å²) in [6.45, 7) is 2.48. The Morgan fingerprint density at radius 1 is 1.50 bits per heavy atom. The Bertz CT molecular complexity index is 475. The summed E-state index contributed by atoms with van der Waals surface area (Å²) in [6.07, 6.45) is 0.723. The second kappa shape index (κ2) is 4.63. The number of ether oxygens (including phenoxy) is 1. The molecular weight excluding hydrogens is 204 g/mol. The van der Waals surface area contributed by atoms with Gasteiger partial charge in [-0.1, -0.05) is 13.0 Å². The predicted octanol–water partition coefficient (Wildman–Crippen LogP) is 2.04. The van der Waals surface area contributed by atoms with Crippen LogP contribution in [0.25, 0.3) is 11.1 Å². The quantitative estimate of drug-likeness (QED) is 0.856. The van der Waals surface area contributed by atoms with E-state index in [0.29, 0.717) is 12.4 Å². The normalized spacial score (nSPS) is 13.2. The van der Waals surface area contributed by atoms with Gasteiger partial charge >= 0.3 is 0 Å². The van der Waals surface area contributed by atoms with Crippen molar-refractivity contribution in [2.24, 2.45) is 5.73 Å². The van der Waals surface area contributed by atoms with Crippen molar-refractivity contribution in [3.63, 3.8) is 0 Å². The smallest absolute Gasteiger partial charge is 0.225 e. The fourth-order valence-electron chi connectivity index (χ4n) is 1.65. The van der Waals surface area contributed by atoms with Gasteiger partial charge in [-0.25, -0.2) is 4.98 Å². The van der Waals surface area contributed by atoms with Crippen molar-refractivity contribution in [3.05, 3.63) is 29.7 Å². The molecule has 0 aliphatic heterocycles. The summed E-state index contributed by atoms with van der Waals surface area (Å²) in [5.74, 6) is 0.549. The largest absolute Gasteiger partial charge is 0.438 e. The molecule has 2 aromatic rings. The van der Waals surface area contributed by atoms with Gasteiger partial charge in [0.15, 0.2) is 5.58 Å². The van der Waals surface area contributed by atoms with Crippen LogP contribution in [-0.2, 0) is 11.2 Å². The van der Waals surface area contributed by atoms with Crippen LogP contribution in [0.3, 0.4) is 0 Å². The monoisotopic (exact) mass is 220 g/mol. The molecule has 0 aliphatic rings. The highest BCUT2D eigenvalue weighted by atomic mass is 16.5. The molecule has 0 aliphatic carbocycles. The molecule has 16 heavy (non-hydrogen) atoms. The molecule has 0 amide bonds. The maximum atomic E-state index is 5.60. The summed E-state index contributed by atoms with van der Waals surface area (Å²) in [5.41, 5.74) is 8.46. The Balaban J connectivity index is 2.43. The van der Waals surface area contributed by atoms with Crippen LogP contribution in [0.4, 0.5) is 0 Å². The van der Waals surface area contributed by atoms with E-state index in [1.165, 1.54) is 5.56 Å². The van der Waals surface area contributed by atoms with Crippen LogP contribution in [0.15, 0.2) is 22.6 Å². The molecule has 1 unspecified atom stereocenters. The summed E-state index contributed by atoms with van der Waals surface area (Å²) < 4.78 is 10.8. The molecule has 2 rings (SSSR count). The maximum Gasteiger partial charge on any atom is 0.225 e. The van der Waals surface area contributed by atoms with Crippen molar-refractivity contribution >= 4 is 11.1 Å². The van der Waals surface area contributed by atoms with E-state index in [1.807, 2.05) is 18.2 Å². The average molecular weight is 220 g/mol. The Morgan fingerprint density at radius 2 is 2.31 bits per heavy atom. The third kappa shape index (κ3) is 1.94. The fourth-order valence-corrected chi connectivity index (χ4v) is 1.65. The van der Waals surface area contributed by atoms with Gasteiger partial charge in [0.05, 0.1) is 0 Å². The van der Waals surface area contributed by atoms with Crippen LogP contribution in [0, 0.1) is 0 Å². The minimum atomic E-state index is -0.266. The number of nitrogens with two attached hydrogens (primary N) is 1. The van der Waals surface area contributed by atoms with Crippen molar-refractivity contribution in [2.45, 2.75) is 19.4 Å². The van der Waals surface area contributed by atoms with Gasteiger partial charge < -0.3 is 14.9 Å². The van der Waals surface area contributed by atoms with E-state index in [4.69, 9.17) is 14.9 Å². The molecule has 0 saturated heterocycles. The van der Waals surface area contributed by atoms with Gasteiger partial charge in [0.2, 0.25) is 5.89 Å². The number of hydrogen-bond acceptors (Lipinski definition) is 4. The number of fused-ring (bicyclic) bond motifs is 1. The van der Waals surface area contributed by atoms with Crippen LogP contribution >= 0.6 is 0 Å². The van der Waals surface area contributed by atoms with Gasteiger partial charge in [-0.05, 0) is 24.1 Å². The lowest BCUT2D eigenvalue weighted by Gasteiger charge is -2.06. The highest BCUT2D eigenvalue weighted by Crippen LogP contribution is 2.22. The lowest BCUT2D eigenvalue weighted by atomic mass is 10.1. The second-order valence-electron chi connectivity index (χ2n) is 3.67. The van der Waals surface area contributed by atoms with E-state index in [1.54, 1.807) is 7.11 Å². The third-order valence-corrected chi connectivity index (χ3v) is 2.65. The second-order valence-corrected chi connectivity index (χ2v) is 3.67. The van der Waals surface area contributed by atoms with E-state index in [-0.39, 0.29) is 6.10 Å². The van der Waals surface area contributed by atoms with E-state index in [9.17, 15) is 0 Å². The van der Waals surface area contributed by atoms with Crippen LogP contribution < -0.4 is 5.73 Å². The standard InChI is InChI=1S/C12H16N2O2/c1-3-8-4-5-10-9(6-8)14-12(16-10)11(7-13)15-2/h4-6,11H,3,7,13H2,1-2H3. The molecule has 2 N–H and O–H groups in total. The first-order valence-corrected chi connectivity index (χ1v) is 5.40.